The number of ether oxygens (including phenoxy) is 2. The Morgan fingerprint density at radius 1 is 1.22 bits per heavy atom. The molecule has 0 aliphatic heterocycles. The first kappa shape index (κ1) is 16.8. The minimum absolute atomic E-state index is 0.228. The molecule has 8 heteroatoms. The highest BCUT2D eigenvalue weighted by atomic mass is 32.1. The maximum absolute atomic E-state index is 11.8. The van der Waals surface area contributed by atoms with Crippen LogP contribution in [0.15, 0.2) is 29.6 Å². The number of hydrazine groups is 1. The van der Waals surface area contributed by atoms with Crippen molar-refractivity contribution >= 4 is 23.3 Å². The summed E-state index contributed by atoms with van der Waals surface area (Å²) >= 11 is 1.57. The summed E-state index contributed by atoms with van der Waals surface area (Å²) in [5, 5.41) is 2.93. The largest absolute Gasteiger partial charge is 0.487 e. The summed E-state index contributed by atoms with van der Waals surface area (Å²) in [5.41, 5.74) is 5.65. The SMILES string of the molecule is CCOC(=O)NNC(=O)c1ccc(OCc2csc(C)n2)cc1. The van der Waals surface area contributed by atoms with Gasteiger partial charge in [-0.3, -0.25) is 10.2 Å². The molecule has 2 N–H and O–H groups in total. The van der Waals surface area contributed by atoms with Gasteiger partial charge in [0.05, 0.1) is 17.3 Å². The fourth-order valence-electron chi connectivity index (χ4n) is 1.68. The maximum atomic E-state index is 11.8. The van der Waals surface area contributed by atoms with Crippen LogP contribution in [-0.4, -0.2) is 23.6 Å². The minimum atomic E-state index is -0.709. The van der Waals surface area contributed by atoms with E-state index in [1.165, 1.54) is 0 Å². The molecule has 0 fully saturated rings. The number of hydrogen-bond donors (Lipinski definition) is 2. The Kier molecular flexibility index (Phi) is 5.93. The number of rotatable bonds is 5. The van der Waals surface area contributed by atoms with E-state index in [0.717, 1.165) is 10.7 Å². The Bertz CT molecular complexity index is 670. The Morgan fingerprint density at radius 2 is 1.96 bits per heavy atom. The van der Waals surface area contributed by atoms with Crippen LogP contribution in [0.4, 0.5) is 4.79 Å². The number of hydrogen-bond acceptors (Lipinski definition) is 6. The van der Waals surface area contributed by atoms with Crippen molar-refractivity contribution in [3.8, 4) is 5.75 Å². The van der Waals surface area contributed by atoms with Crippen LogP contribution in [0.3, 0.4) is 0 Å². The van der Waals surface area contributed by atoms with Gasteiger partial charge >= 0.3 is 6.09 Å². The van der Waals surface area contributed by atoms with Crippen molar-refractivity contribution < 1.29 is 19.1 Å². The molecule has 7 nitrogen and oxygen atoms in total. The highest BCUT2D eigenvalue weighted by molar-refractivity contribution is 7.09. The number of aromatic nitrogens is 1. The lowest BCUT2D eigenvalue weighted by Crippen LogP contribution is -2.41. The highest BCUT2D eigenvalue weighted by Crippen LogP contribution is 2.15. The molecule has 0 aliphatic carbocycles. The molecule has 1 heterocycles. The molecule has 0 aliphatic rings. The Hall–Kier alpha value is -2.61. The number of nitrogens with one attached hydrogen (secondary N) is 2. The molecule has 0 radical (unpaired) electrons. The summed E-state index contributed by atoms with van der Waals surface area (Å²) in [4.78, 5) is 27.2. The fraction of sp³-hybridized carbons (Fsp3) is 0.267. The van der Waals surface area contributed by atoms with Gasteiger partial charge in [-0.15, -0.1) is 11.3 Å². The number of nitrogens with zero attached hydrogens (tertiary/aromatic N) is 1. The van der Waals surface area contributed by atoms with E-state index in [2.05, 4.69) is 20.6 Å². The van der Waals surface area contributed by atoms with Gasteiger partial charge in [-0.25, -0.2) is 15.2 Å². The summed E-state index contributed by atoms with van der Waals surface area (Å²) in [6.45, 7) is 4.21. The second kappa shape index (κ2) is 8.14. The third-order valence-corrected chi connectivity index (χ3v) is 3.55. The van der Waals surface area contributed by atoms with Crippen LogP contribution in [-0.2, 0) is 11.3 Å². The molecule has 23 heavy (non-hydrogen) atoms. The van der Waals surface area contributed by atoms with E-state index in [9.17, 15) is 9.59 Å². The molecule has 0 spiro atoms. The molecule has 0 saturated carbocycles. The van der Waals surface area contributed by atoms with Crippen molar-refractivity contribution in [2.75, 3.05) is 6.61 Å². The molecule has 0 saturated heterocycles. The number of amides is 2. The average molecular weight is 335 g/mol. The quantitative estimate of drug-likeness (QED) is 0.819. The molecule has 1 aromatic carbocycles. The third kappa shape index (κ3) is 5.26. The Labute approximate surface area is 137 Å². The fourth-order valence-corrected chi connectivity index (χ4v) is 2.28. The highest BCUT2D eigenvalue weighted by Gasteiger charge is 2.08. The maximum Gasteiger partial charge on any atom is 0.426 e. The molecule has 122 valence electrons. The molecule has 2 aromatic rings. The van der Waals surface area contributed by atoms with Crippen molar-refractivity contribution in [1.82, 2.24) is 15.8 Å². The number of carbonyl (C=O) groups excluding carboxylic acids is 2. The predicted molar refractivity (Wildman–Crippen MR) is 85.2 cm³/mol. The normalized spacial score (nSPS) is 10.0. The van der Waals surface area contributed by atoms with Crippen LogP contribution in [0.2, 0.25) is 0 Å². The van der Waals surface area contributed by atoms with E-state index < -0.39 is 12.0 Å². The van der Waals surface area contributed by atoms with Gasteiger partial charge in [0.1, 0.15) is 12.4 Å². The van der Waals surface area contributed by atoms with Crippen LogP contribution in [0.5, 0.6) is 5.75 Å². The number of benzene rings is 1. The zero-order chi connectivity index (χ0) is 16.7. The molecule has 0 atom stereocenters. The second-order valence-electron chi connectivity index (χ2n) is 4.47. The van der Waals surface area contributed by atoms with Crippen LogP contribution < -0.4 is 15.6 Å². The van der Waals surface area contributed by atoms with Crippen LogP contribution in [0.25, 0.3) is 0 Å². The van der Waals surface area contributed by atoms with Crippen LogP contribution >= 0.6 is 11.3 Å². The van der Waals surface area contributed by atoms with E-state index in [4.69, 9.17) is 4.74 Å². The smallest absolute Gasteiger partial charge is 0.426 e. The van der Waals surface area contributed by atoms with Crippen molar-refractivity contribution in [2.45, 2.75) is 20.5 Å². The average Bonchev–Trinajstić information content (AvgIpc) is 2.97. The lowest BCUT2D eigenvalue weighted by molar-refractivity contribution is 0.0912. The number of thiazole rings is 1. The van der Waals surface area contributed by atoms with Gasteiger partial charge in [-0.05, 0) is 38.1 Å². The molecule has 2 rings (SSSR count). The van der Waals surface area contributed by atoms with E-state index in [-0.39, 0.29) is 6.61 Å². The topological polar surface area (TPSA) is 89.6 Å². The van der Waals surface area contributed by atoms with Gasteiger partial charge in [-0.2, -0.15) is 0 Å². The summed E-state index contributed by atoms with van der Waals surface area (Å²) in [7, 11) is 0. The van der Waals surface area contributed by atoms with Gasteiger partial charge in [0.25, 0.3) is 5.91 Å². The molecule has 0 bridgehead atoms. The van der Waals surface area contributed by atoms with E-state index in [1.807, 2.05) is 12.3 Å². The number of carbonyl (C=O) groups is 2. The Morgan fingerprint density at radius 3 is 2.57 bits per heavy atom. The molecule has 2 amide bonds. The summed E-state index contributed by atoms with van der Waals surface area (Å²) < 4.78 is 10.2. The molecule has 1 aromatic heterocycles. The molecular weight excluding hydrogens is 318 g/mol. The van der Waals surface area contributed by atoms with Crippen LogP contribution in [0.1, 0.15) is 28.0 Å². The van der Waals surface area contributed by atoms with Crippen molar-refractivity contribution in [3.05, 3.63) is 45.9 Å². The summed E-state index contributed by atoms with van der Waals surface area (Å²) in [6.07, 6.45) is -0.709. The monoisotopic (exact) mass is 335 g/mol. The summed E-state index contributed by atoms with van der Waals surface area (Å²) in [6, 6.07) is 6.56. The van der Waals surface area contributed by atoms with E-state index >= 15 is 0 Å². The lowest BCUT2D eigenvalue weighted by Gasteiger charge is -2.08. The van der Waals surface area contributed by atoms with Gasteiger partial charge in [-0.1, -0.05) is 0 Å². The second-order valence-corrected chi connectivity index (χ2v) is 5.53. The zero-order valence-corrected chi connectivity index (χ0v) is 13.6. The molecule has 0 unspecified atom stereocenters. The van der Waals surface area contributed by atoms with E-state index in [1.54, 1.807) is 42.5 Å². The zero-order valence-electron chi connectivity index (χ0n) is 12.8. The molecular formula is C15H17N3O4S. The van der Waals surface area contributed by atoms with Gasteiger partial charge in [0.2, 0.25) is 0 Å². The lowest BCUT2D eigenvalue weighted by atomic mass is 10.2. The van der Waals surface area contributed by atoms with E-state index in [0.29, 0.717) is 17.9 Å². The standard InChI is InChI=1S/C15H17N3O4S/c1-3-21-15(20)18-17-14(19)11-4-6-13(7-5-11)22-8-12-9-23-10(2)16-12/h4-7,9H,3,8H2,1-2H3,(H,17,19)(H,18,20). The van der Waals surface area contributed by atoms with Gasteiger partial charge in [0.15, 0.2) is 0 Å². The Balaban J connectivity index is 1.83. The van der Waals surface area contributed by atoms with Crippen molar-refractivity contribution in [3.63, 3.8) is 0 Å². The van der Waals surface area contributed by atoms with Crippen molar-refractivity contribution in [1.29, 1.82) is 0 Å². The minimum Gasteiger partial charge on any atom is -0.487 e. The third-order valence-electron chi connectivity index (χ3n) is 2.72. The van der Waals surface area contributed by atoms with Crippen LogP contribution in [0, 0.1) is 6.92 Å². The first-order valence-corrected chi connectivity index (χ1v) is 7.83. The first-order chi connectivity index (χ1) is 11.1. The number of aryl methyl sites for hydroxylation is 1. The predicted octanol–water partition coefficient (Wildman–Crippen LogP) is 2.42. The van der Waals surface area contributed by atoms with Gasteiger partial charge < -0.3 is 9.47 Å². The van der Waals surface area contributed by atoms with Gasteiger partial charge in [0, 0.05) is 10.9 Å². The summed E-state index contributed by atoms with van der Waals surface area (Å²) in [5.74, 6) is 0.185. The van der Waals surface area contributed by atoms with Crippen molar-refractivity contribution in [2.24, 2.45) is 0 Å². The first-order valence-electron chi connectivity index (χ1n) is 6.95.